The first-order chi connectivity index (χ1) is 8.72. The first-order valence-corrected chi connectivity index (χ1v) is 6.77. The van der Waals surface area contributed by atoms with Crippen LogP contribution in [0.15, 0.2) is 18.3 Å². The molecule has 96 valence electrons. The summed E-state index contributed by atoms with van der Waals surface area (Å²) in [5, 5.41) is 3.26. The molecule has 0 bridgehead atoms. The predicted octanol–water partition coefficient (Wildman–Crippen LogP) is 3.00. The normalized spacial score (nSPS) is 20.2. The summed E-state index contributed by atoms with van der Waals surface area (Å²) in [6.45, 7) is 1.80. The third kappa shape index (κ3) is 2.29. The number of urea groups is 1. The summed E-state index contributed by atoms with van der Waals surface area (Å²) in [5.41, 5.74) is 0.691. The molecule has 0 unspecified atom stereocenters. The summed E-state index contributed by atoms with van der Waals surface area (Å²) >= 11 is 5.69. The molecule has 2 heterocycles. The van der Waals surface area contributed by atoms with Crippen molar-refractivity contribution in [3.8, 4) is 0 Å². The molecule has 5 heteroatoms. The molecule has 1 aliphatic heterocycles. The number of aromatic nitrogens is 1. The molecule has 2 amide bonds. The molecule has 0 atom stereocenters. The Hall–Kier alpha value is -1.29. The molecule has 0 aromatic carbocycles. The molecule has 3 rings (SSSR count). The molecule has 1 aromatic heterocycles. The van der Waals surface area contributed by atoms with Gasteiger partial charge in [0, 0.05) is 13.1 Å². The van der Waals surface area contributed by atoms with E-state index in [0.29, 0.717) is 10.8 Å². The average Bonchev–Trinajstić information content (AvgIpc) is 2.23. The molecule has 0 radical (unpaired) electrons. The van der Waals surface area contributed by atoms with Gasteiger partial charge in [0.15, 0.2) is 0 Å². The van der Waals surface area contributed by atoms with Gasteiger partial charge in [0.05, 0.1) is 11.9 Å². The number of nitrogens with zero attached hydrogens (tertiary/aromatic N) is 2. The van der Waals surface area contributed by atoms with Gasteiger partial charge in [-0.05, 0) is 24.0 Å². The minimum absolute atomic E-state index is 0.0327. The zero-order valence-electron chi connectivity index (χ0n) is 10.1. The molecule has 18 heavy (non-hydrogen) atoms. The summed E-state index contributed by atoms with van der Waals surface area (Å²) < 4.78 is 0. The van der Waals surface area contributed by atoms with Crippen molar-refractivity contribution in [2.24, 2.45) is 11.8 Å². The Bertz CT molecular complexity index is 438. The van der Waals surface area contributed by atoms with Gasteiger partial charge in [0.25, 0.3) is 0 Å². The lowest BCUT2D eigenvalue weighted by molar-refractivity contribution is 0.0569. The van der Waals surface area contributed by atoms with E-state index in [0.717, 1.165) is 24.9 Å². The fraction of sp³-hybridized carbons (Fsp3) is 0.538. The van der Waals surface area contributed by atoms with Crippen molar-refractivity contribution in [2.45, 2.75) is 19.3 Å². The van der Waals surface area contributed by atoms with Crippen LogP contribution < -0.4 is 5.32 Å². The van der Waals surface area contributed by atoms with Gasteiger partial charge in [0.2, 0.25) is 0 Å². The first-order valence-electron chi connectivity index (χ1n) is 6.40. The lowest BCUT2D eigenvalue weighted by Crippen LogP contribution is -2.55. The Labute approximate surface area is 111 Å². The van der Waals surface area contributed by atoms with Crippen molar-refractivity contribution in [2.75, 3.05) is 18.4 Å². The maximum atomic E-state index is 11.9. The number of anilines is 1. The number of rotatable bonds is 2. The maximum Gasteiger partial charge on any atom is 0.321 e. The monoisotopic (exact) mass is 265 g/mol. The lowest BCUT2D eigenvalue weighted by atomic mass is 9.73. The molecule has 2 fully saturated rings. The van der Waals surface area contributed by atoms with Crippen molar-refractivity contribution < 1.29 is 4.79 Å². The molecule has 4 nitrogen and oxygen atoms in total. The lowest BCUT2D eigenvalue weighted by Gasteiger charge is -2.46. The number of halogens is 1. The molecule has 1 N–H and O–H groups in total. The minimum atomic E-state index is -0.0327. The Morgan fingerprint density at radius 1 is 1.33 bits per heavy atom. The second-order valence-electron chi connectivity index (χ2n) is 5.16. The van der Waals surface area contributed by atoms with Gasteiger partial charge in [-0.1, -0.05) is 30.9 Å². The molecule has 0 spiro atoms. The molecule has 1 aromatic rings. The SMILES string of the molecule is O=C(Nc1ccc(Cl)nc1)N1CC(C2CCC2)C1. The van der Waals surface area contributed by atoms with Crippen molar-refractivity contribution in [1.82, 2.24) is 9.88 Å². The molecule has 2 aliphatic rings. The Balaban J connectivity index is 1.49. The number of hydrogen-bond donors (Lipinski definition) is 1. The Morgan fingerprint density at radius 3 is 2.67 bits per heavy atom. The van der Waals surface area contributed by atoms with Crippen molar-refractivity contribution >= 4 is 23.3 Å². The smallest absolute Gasteiger partial charge is 0.321 e. The minimum Gasteiger partial charge on any atom is -0.324 e. The van der Waals surface area contributed by atoms with E-state index in [2.05, 4.69) is 10.3 Å². The number of carbonyl (C=O) groups is 1. The second-order valence-corrected chi connectivity index (χ2v) is 5.54. The predicted molar refractivity (Wildman–Crippen MR) is 70.7 cm³/mol. The Kier molecular flexibility index (Phi) is 3.12. The standard InChI is InChI=1S/C13H16ClN3O/c14-12-5-4-11(6-15-12)16-13(18)17-7-10(8-17)9-2-1-3-9/h4-6,9-10H,1-3,7-8H2,(H,16,18). The van der Waals surface area contributed by atoms with Crippen LogP contribution in [0.4, 0.5) is 10.5 Å². The van der Waals surface area contributed by atoms with Crippen molar-refractivity contribution in [1.29, 1.82) is 0 Å². The quantitative estimate of drug-likeness (QED) is 0.836. The number of carbonyl (C=O) groups excluding carboxylic acids is 1. The van der Waals surface area contributed by atoms with Crippen molar-refractivity contribution in [3.63, 3.8) is 0 Å². The van der Waals surface area contributed by atoms with E-state index >= 15 is 0 Å². The molecule has 1 saturated heterocycles. The van der Waals surface area contributed by atoms with Crippen LogP contribution in [0.5, 0.6) is 0 Å². The molecule has 1 aliphatic carbocycles. The zero-order chi connectivity index (χ0) is 12.5. The van der Waals surface area contributed by atoms with Gasteiger partial charge < -0.3 is 10.2 Å². The van der Waals surface area contributed by atoms with E-state index < -0.39 is 0 Å². The van der Waals surface area contributed by atoms with Crippen LogP contribution >= 0.6 is 11.6 Å². The number of nitrogens with one attached hydrogen (secondary N) is 1. The van der Waals surface area contributed by atoms with Gasteiger partial charge in [-0.15, -0.1) is 0 Å². The summed E-state index contributed by atoms with van der Waals surface area (Å²) in [6, 6.07) is 3.40. The highest BCUT2D eigenvalue weighted by Crippen LogP contribution is 2.38. The first kappa shape index (κ1) is 11.8. The third-order valence-corrected chi connectivity index (χ3v) is 4.22. The van der Waals surface area contributed by atoms with Crippen LogP contribution in [0, 0.1) is 11.8 Å². The van der Waals surface area contributed by atoms with Crippen LogP contribution in [0.3, 0.4) is 0 Å². The van der Waals surface area contributed by atoms with Crippen LogP contribution in [0.25, 0.3) is 0 Å². The average molecular weight is 266 g/mol. The van der Waals surface area contributed by atoms with Gasteiger partial charge >= 0.3 is 6.03 Å². The molecular formula is C13H16ClN3O. The second kappa shape index (κ2) is 4.76. The van der Waals surface area contributed by atoms with E-state index in [1.165, 1.54) is 19.3 Å². The van der Waals surface area contributed by atoms with Crippen LogP contribution in [-0.2, 0) is 0 Å². The fourth-order valence-electron chi connectivity index (χ4n) is 2.54. The molecular weight excluding hydrogens is 250 g/mol. The highest BCUT2D eigenvalue weighted by molar-refractivity contribution is 6.29. The van der Waals surface area contributed by atoms with E-state index in [1.807, 2.05) is 4.90 Å². The van der Waals surface area contributed by atoms with Crippen LogP contribution in [-0.4, -0.2) is 29.0 Å². The van der Waals surface area contributed by atoms with Gasteiger partial charge in [-0.2, -0.15) is 0 Å². The summed E-state index contributed by atoms with van der Waals surface area (Å²) in [5.74, 6) is 1.60. The topological polar surface area (TPSA) is 45.2 Å². The van der Waals surface area contributed by atoms with Gasteiger partial charge in [-0.3, -0.25) is 0 Å². The van der Waals surface area contributed by atoms with Crippen molar-refractivity contribution in [3.05, 3.63) is 23.5 Å². The third-order valence-electron chi connectivity index (χ3n) is 3.99. The number of pyridine rings is 1. The van der Waals surface area contributed by atoms with Gasteiger partial charge in [-0.25, -0.2) is 9.78 Å². The van der Waals surface area contributed by atoms with Gasteiger partial charge in [0.1, 0.15) is 5.15 Å². The largest absolute Gasteiger partial charge is 0.324 e. The van der Waals surface area contributed by atoms with Crippen LogP contribution in [0.1, 0.15) is 19.3 Å². The van der Waals surface area contributed by atoms with E-state index in [4.69, 9.17) is 11.6 Å². The van der Waals surface area contributed by atoms with E-state index in [9.17, 15) is 4.79 Å². The number of hydrogen-bond acceptors (Lipinski definition) is 2. The Morgan fingerprint density at radius 2 is 2.11 bits per heavy atom. The summed E-state index contributed by atoms with van der Waals surface area (Å²) in [4.78, 5) is 17.7. The number of amides is 2. The summed E-state index contributed by atoms with van der Waals surface area (Å²) in [6.07, 6.45) is 5.63. The van der Waals surface area contributed by atoms with E-state index in [-0.39, 0.29) is 6.03 Å². The fourth-order valence-corrected chi connectivity index (χ4v) is 2.65. The van der Waals surface area contributed by atoms with Crippen LogP contribution in [0.2, 0.25) is 5.15 Å². The summed E-state index contributed by atoms with van der Waals surface area (Å²) in [7, 11) is 0. The van der Waals surface area contributed by atoms with E-state index in [1.54, 1.807) is 18.3 Å². The highest BCUT2D eigenvalue weighted by atomic mass is 35.5. The highest BCUT2D eigenvalue weighted by Gasteiger charge is 2.38. The number of likely N-dealkylation sites (tertiary alicyclic amines) is 1. The molecule has 1 saturated carbocycles. The maximum absolute atomic E-state index is 11.9. The zero-order valence-corrected chi connectivity index (χ0v) is 10.9.